The number of ketones is 1. The predicted octanol–water partition coefficient (Wildman–Crippen LogP) is 4.37. The second-order valence-electron chi connectivity index (χ2n) is 10.6. The molecule has 16 heteroatoms. The van der Waals surface area contributed by atoms with E-state index in [0.717, 1.165) is 5.56 Å². The number of terminal acetylenes is 2. The number of carbonyl (C=O) groups is 3. The van der Waals surface area contributed by atoms with E-state index in [1.807, 2.05) is 35.2 Å². The summed E-state index contributed by atoms with van der Waals surface area (Å²) in [6, 6.07) is 8.01. The molecular formula is C32H42N2O12P2. The van der Waals surface area contributed by atoms with Gasteiger partial charge in [0.15, 0.2) is 5.78 Å². The zero-order chi connectivity index (χ0) is 35.0. The summed E-state index contributed by atoms with van der Waals surface area (Å²) in [7, 11) is -7.75. The molecule has 2 heterocycles. The lowest BCUT2D eigenvalue weighted by Gasteiger charge is -2.31. The number of nitrogens with zero attached hydrogens (tertiary/aromatic N) is 1. The summed E-state index contributed by atoms with van der Waals surface area (Å²) in [5.41, 5.74) is 0.917. The second kappa shape index (κ2) is 19.5. The molecule has 14 nitrogen and oxygen atoms in total. The zero-order valence-electron chi connectivity index (χ0n) is 27.0. The third kappa shape index (κ3) is 11.0. The average Bonchev–Trinajstić information content (AvgIpc) is 3.28. The second-order valence-corrected chi connectivity index (χ2v) is 13.8. The maximum absolute atomic E-state index is 13.7. The van der Waals surface area contributed by atoms with Gasteiger partial charge in [-0.05, 0) is 51.2 Å². The molecule has 0 spiro atoms. The molecule has 0 aliphatic carbocycles. The van der Waals surface area contributed by atoms with Crippen LogP contribution in [0.25, 0.3) is 0 Å². The fourth-order valence-corrected chi connectivity index (χ4v) is 7.43. The van der Waals surface area contributed by atoms with Crippen molar-refractivity contribution in [3.63, 3.8) is 0 Å². The normalized spacial score (nSPS) is 20.5. The molecule has 1 aromatic rings. The van der Waals surface area contributed by atoms with E-state index in [-0.39, 0.29) is 45.4 Å². The summed E-state index contributed by atoms with van der Waals surface area (Å²) < 4.78 is 59.9. The number of rotatable bonds is 22. The Morgan fingerprint density at radius 1 is 0.854 bits per heavy atom. The van der Waals surface area contributed by atoms with Gasteiger partial charge in [0.2, 0.25) is 5.91 Å². The molecule has 3 rings (SSSR count). The highest BCUT2D eigenvalue weighted by molar-refractivity contribution is 7.49. The van der Waals surface area contributed by atoms with Crippen molar-refractivity contribution < 1.29 is 55.4 Å². The molecule has 0 aromatic heterocycles. The van der Waals surface area contributed by atoms with Crippen LogP contribution in [0.2, 0.25) is 0 Å². The van der Waals surface area contributed by atoms with Gasteiger partial charge in [-0.2, -0.15) is 0 Å². The van der Waals surface area contributed by atoms with Crippen molar-refractivity contribution >= 4 is 33.3 Å². The first-order valence-corrected chi connectivity index (χ1v) is 18.6. The summed E-state index contributed by atoms with van der Waals surface area (Å²) >= 11 is 0. The largest absolute Gasteiger partial charge is 0.604 e. The molecule has 2 aliphatic rings. The Kier molecular flexibility index (Phi) is 15.9. The van der Waals surface area contributed by atoms with Crippen molar-refractivity contribution in [2.24, 2.45) is 11.8 Å². The first-order valence-electron chi connectivity index (χ1n) is 15.6. The van der Waals surface area contributed by atoms with E-state index >= 15 is 0 Å². The molecule has 1 aromatic carbocycles. The summed E-state index contributed by atoms with van der Waals surface area (Å²) in [6.07, 6.45) is 18.0. The van der Waals surface area contributed by atoms with Crippen LogP contribution in [0, 0.1) is 36.9 Å². The van der Waals surface area contributed by atoms with Gasteiger partial charge in [-0.3, -0.25) is 37.4 Å². The lowest BCUT2D eigenvalue weighted by atomic mass is 9.86. The summed E-state index contributed by atoms with van der Waals surface area (Å²) in [6.45, 7) is 4.16. The van der Waals surface area contributed by atoms with E-state index in [9.17, 15) is 23.5 Å². The minimum Gasteiger partial charge on any atom is -0.465 e. The van der Waals surface area contributed by atoms with Gasteiger partial charge in [-0.1, -0.05) is 49.3 Å². The quantitative estimate of drug-likeness (QED) is 0.0782. The number of hydrogen-bond donors (Lipinski definition) is 1. The number of unbranched alkanes of at least 4 members (excludes halogenated alkanes) is 2. The van der Waals surface area contributed by atoms with E-state index in [0.29, 0.717) is 32.2 Å². The minimum atomic E-state index is -4.09. The first-order chi connectivity index (χ1) is 23.1. The van der Waals surface area contributed by atoms with E-state index in [1.165, 1.54) is 6.08 Å². The number of ether oxygens (including phenoxy) is 1. The van der Waals surface area contributed by atoms with Crippen molar-refractivity contribution in [2.75, 3.05) is 39.6 Å². The summed E-state index contributed by atoms with van der Waals surface area (Å²) in [5, 5.41) is 2.85. The van der Waals surface area contributed by atoms with Gasteiger partial charge in [-0.25, -0.2) is 9.13 Å². The maximum Gasteiger partial charge on any atom is 0.604 e. The third-order valence-corrected chi connectivity index (χ3v) is 10.2. The number of nitrogens with one attached hydrogen (secondary N) is 1. The van der Waals surface area contributed by atoms with Crippen LogP contribution in [-0.4, -0.2) is 74.2 Å². The molecule has 1 amide bonds. The van der Waals surface area contributed by atoms with Crippen LogP contribution >= 0.6 is 15.6 Å². The molecule has 262 valence electrons. The number of hydrogen-bond acceptors (Lipinski definition) is 13. The van der Waals surface area contributed by atoms with Crippen LogP contribution in [0.4, 0.5) is 0 Å². The Labute approximate surface area is 281 Å². The van der Waals surface area contributed by atoms with E-state index in [2.05, 4.69) is 14.4 Å². The van der Waals surface area contributed by atoms with Crippen molar-refractivity contribution in [3.05, 3.63) is 48.0 Å². The highest BCUT2D eigenvalue weighted by Gasteiger charge is 2.58. The Morgan fingerprint density at radius 3 is 2.08 bits per heavy atom. The van der Waals surface area contributed by atoms with E-state index in [4.69, 9.17) is 35.7 Å². The SMILES string of the molecule is C#COP(=O)(OC#C)OCCCCNC(=O)C1C(C(=O)OCCCCOP(=O)(OCC)OCC)[C@@H]2C(=O)C=C[C@H]1N2Cc1ccccc1. The van der Waals surface area contributed by atoms with Gasteiger partial charge in [0.05, 0.1) is 50.9 Å². The zero-order valence-corrected chi connectivity index (χ0v) is 28.8. The van der Waals surface area contributed by atoms with Crippen LogP contribution in [0.15, 0.2) is 42.5 Å². The van der Waals surface area contributed by atoms with Crippen molar-refractivity contribution in [1.29, 1.82) is 0 Å². The van der Waals surface area contributed by atoms with E-state index < -0.39 is 51.4 Å². The van der Waals surface area contributed by atoms with Gasteiger partial charge in [0.1, 0.15) is 12.2 Å². The maximum atomic E-state index is 13.7. The Bertz CT molecular complexity index is 1410. The number of phosphoric ester groups is 2. The highest BCUT2D eigenvalue weighted by Crippen LogP contribution is 2.50. The van der Waals surface area contributed by atoms with Gasteiger partial charge in [0, 0.05) is 19.1 Å². The van der Waals surface area contributed by atoms with Gasteiger partial charge >= 0.3 is 21.6 Å². The van der Waals surface area contributed by atoms with Gasteiger partial charge < -0.3 is 19.1 Å². The van der Waals surface area contributed by atoms with Gasteiger partial charge in [-0.15, -0.1) is 0 Å². The molecule has 4 atom stereocenters. The average molecular weight is 709 g/mol. The molecule has 2 unspecified atom stereocenters. The Balaban J connectivity index is 1.63. The van der Waals surface area contributed by atoms with Crippen LogP contribution < -0.4 is 5.32 Å². The Morgan fingerprint density at radius 2 is 1.46 bits per heavy atom. The number of amides is 1. The monoisotopic (exact) mass is 708 g/mol. The predicted molar refractivity (Wildman–Crippen MR) is 173 cm³/mol. The molecule has 2 aliphatic heterocycles. The first kappa shape index (κ1) is 39.0. The molecule has 0 saturated carbocycles. The molecule has 1 N–H and O–H groups in total. The number of fused-ring (bicyclic) bond motifs is 2. The lowest BCUT2D eigenvalue weighted by molar-refractivity contribution is -0.154. The number of benzene rings is 1. The standard InChI is InChI=1S/C32H42N2O12P2/c1-5-41-47(38,42-6-2)45-22-13-12-20-33-31(36)28-26-18-19-27(35)30(34(26)24-25-16-10-9-11-17-25)29(28)32(37)40-21-14-15-23-46-48(39,43-7-3)44-8-4/h1-2,9-11,16-19,26,28-30H,7-8,12-15,20-24H2,3-4H3,(H,33,36)/t26-,28?,29?,30+/m1/s1. The fraction of sp³-hybridized carbons (Fsp3) is 0.531. The number of carbonyl (C=O) groups excluding carboxylic acids is 3. The van der Waals surface area contributed by atoms with Crippen LogP contribution in [0.5, 0.6) is 0 Å². The third-order valence-electron chi connectivity index (χ3n) is 7.42. The molecule has 1 fully saturated rings. The summed E-state index contributed by atoms with van der Waals surface area (Å²) in [5.74, 6) is -3.36. The molecule has 1 saturated heterocycles. The summed E-state index contributed by atoms with van der Waals surface area (Å²) in [4.78, 5) is 42.4. The topological polar surface area (TPSA) is 165 Å². The molecule has 2 bridgehead atoms. The highest BCUT2D eigenvalue weighted by atomic mass is 31.2. The molecule has 48 heavy (non-hydrogen) atoms. The van der Waals surface area contributed by atoms with Crippen molar-refractivity contribution in [3.8, 4) is 25.1 Å². The molecular weight excluding hydrogens is 666 g/mol. The number of phosphoric acid groups is 2. The van der Waals surface area contributed by atoms with Crippen LogP contribution in [0.1, 0.15) is 45.1 Å². The smallest absolute Gasteiger partial charge is 0.465 e. The van der Waals surface area contributed by atoms with Crippen LogP contribution in [0.3, 0.4) is 0 Å². The lowest BCUT2D eigenvalue weighted by Crippen LogP contribution is -2.45. The number of esters is 1. The van der Waals surface area contributed by atoms with Crippen molar-refractivity contribution in [2.45, 2.75) is 58.2 Å². The van der Waals surface area contributed by atoms with Crippen LogP contribution in [-0.2, 0) is 61.9 Å². The minimum absolute atomic E-state index is 0.00503. The Hall–Kier alpha value is -3.45. The van der Waals surface area contributed by atoms with Gasteiger partial charge in [0.25, 0.3) is 0 Å². The van der Waals surface area contributed by atoms with Crippen molar-refractivity contribution in [1.82, 2.24) is 10.2 Å². The van der Waals surface area contributed by atoms with E-state index in [1.54, 1.807) is 32.1 Å². The molecule has 0 radical (unpaired) electrons. The fourth-order valence-electron chi connectivity index (χ4n) is 5.47.